The number of halogens is 3. The summed E-state index contributed by atoms with van der Waals surface area (Å²) in [5.41, 5.74) is 6.21. The zero-order chi connectivity index (χ0) is 13.2. The molecule has 18 heavy (non-hydrogen) atoms. The molecule has 0 bridgehead atoms. The maximum atomic E-state index is 12.1. The second kappa shape index (κ2) is 4.69. The number of ether oxygens (including phenoxy) is 1. The molecule has 2 N–H and O–H groups in total. The van der Waals surface area contributed by atoms with Crippen LogP contribution in [0.25, 0.3) is 11.3 Å². The molecule has 0 aliphatic heterocycles. The molecular weight excluding hydrogens is 249 g/mol. The zero-order valence-electron chi connectivity index (χ0n) is 9.07. The van der Waals surface area contributed by atoms with E-state index in [1.807, 2.05) is 0 Å². The Morgan fingerprint density at radius 1 is 1.28 bits per heavy atom. The lowest BCUT2D eigenvalue weighted by Crippen LogP contribution is -2.17. The van der Waals surface area contributed by atoms with Crippen molar-refractivity contribution in [3.05, 3.63) is 36.1 Å². The smallest absolute Gasteiger partial charge is 0.406 e. The maximum Gasteiger partial charge on any atom is 0.573 e. The summed E-state index contributed by atoms with van der Waals surface area (Å²) in [7, 11) is 0. The van der Waals surface area contributed by atoms with Crippen molar-refractivity contribution in [2.45, 2.75) is 12.9 Å². The number of rotatable bonds is 3. The fourth-order valence-corrected chi connectivity index (χ4v) is 1.40. The van der Waals surface area contributed by atoms with E-state index in [2.05, 4.69) is 9.89 Å². The quantitative estimate of drug-likeness (QED) is 0.919. The molecule has 4 nitrogen and oxygen atoms in total. The van der Waals surface area contributed by atoms with Crippen molar-refractivity contribution < 1.29 is 22.4 Å². The van der Waals surface area contributed by atoms with E-state index in [1.165, 1.54) is 18.2 Å². The van der Waals surface area contributed by atoms with Gasteiger partial charge in [-0.15, -0.1) is 13.2 Å². The van der Waals surface area contributed by atoms with Gasteiger partial charge in [0, 0.05) is 11.6 Å². The summed E-state index contributed by atoms with van der Waals surface area (Å²) in [6, 6.07) is 7.04. The summed E-state index contributed by atoms with van der Waals surface area (Å²) < 4.78 is 44.9. The van der Waals surface area contributed by atoms with Crippen molar-refractivity contribution in [2.75, 3.05) is 0 Å². The molecule has 0 spiro atoms. The predicted molar refractivity (Wildman–Crippen MR) is 56.5 cm³/mol. The number of aromatic nitrogens is 1. The second-order valence-electron chi connectivity index (χ2n) is 3.46. The Bertz CT molecular complexity index is 537. The molecule has 1 aromatic carbocycles. The van der Waals surface area contributed by atoms with E-state index < -0.39 is 6.36 Å². The van der Waals surface area contributed by atoms with Crippen LogP contribution in [0.15, 0.2) is 34.9 Å². The average molecular weight is 258 g/mol. The molecule has 0 saturated carbocycles. The van der Waals surface area contributed by atoms with E-state index in [9.17, 15) is 13.2 Å². The van der Waals surface area contributed by atoms with Crippen molar-refractivity contribution >= 4 is 0 Å². The number of hydrogen-bond donors (Lipinski definition) is 1. The summed E-state index contributed by atoms with van der Waals surface area (Å²) in [5, 5.41) is 3.70. The largest absolute Gasteiger partial charge is 0.573 e. The lowest BCUT2D eigenvalue weighted by atomic mass is 10.1. The van der Waals surface area contributed by atoms with E-state index in [4.69, 9.17) is 10.3 Å². The second-order valence-corrected chi connectivity index (χ2v) is 3.46. The van der Waals surface area contributed by atoms with Crippen LogP contribution in [-0.4, -0.2) is 11.5 Å². The molecule has 1 heterocycles. The molecule has 2 rings (SSSR count). The van der Waals surface area contributed by atoms with Gasteiger partial charge in [-0.1, -0.05) is 17.3 Å². The number of nitrogens with two attached hydrogens (primary N) is 1. The summed E-state index contributed by atoms with van der Waals surface area (Å²) >= 11 is 0. The number of hydrogen-bond acceptors (Lipinski definition) is 4. The lowest BCUT2D eigenvalue weighted by molar-refractivity contribution is -0.274. The fourth-order valence-electron chi connectivity index (χ4n) is 1.40. The normalized spacial score (nSPS) is 11.6. The summed E-state index contributed by atoms with van der Waals surface area (Å²) in [6.45, 7) is 0.172. The average Bonchev–Trinajstić information content (AvgIpc) is 2.75. The van der Waals surface area contributed by atoms with Gasteiger partial charge >= 0.3 is 6.36 Å². The Morgan fingerprint density at radius 2 is 2.06 bits per heavy atom. The lowest BCUT2D eigenvalue weighted by Gasteiger charge is -2.08. The van der Waals surface area contributed by atoms with Gasteiger partial charge in [-0.25, -0.2) is 0 Å². The molecule has 2 aromatic rings. The van der Waals surface area contributed by atoms with Crippen LogP contribution in [-0.2, 0) is 6.54 Å². The minimum Gasteiger partial charge on any atom is -0.406 e. The highest BCUT2D eigenvalue weighted by atomic mass is 19.4. The molecule has 0 saturated heterocycles. The van der Waals surface area contributed by atoms with Crippen molar-refractivity contribution in [1.82, 2.24) is 5.16 Å². The Labute approximate surface area is 100 Å². The topological polar surface area (TPSA) is 61.3 Å². The Balaban J connectivity index is 2.26. The third kappa shape index (κ3) is 3.01. The Hall–Kier alpha value is -2.02. The predicted octanol–water partition coefficient (Wildman–Crippen LogP) is 2.70. The SMILES string of the molecule is NCc1cc(-c2cccc(OC(F)(F)F)c2)no1. The molecule has 0 amide bonds. The molecule has 0 fully saturated rings. The van der Waals surface area contributed by atoms with Gasteiger partial charge in [0.1, 0.15) is 11.4 Å². The summed E-state index contributed by atoms with van der Waals surface area (Å²) in [5.74, 6) is 0.143. The minimum absolute atomic E-state index is 0.172. The molecule has 0 unspecified atom stereocenters. The van der Waals surface area contributed by atoms with Gasteiger partial charge in [-0.2, -0.15) is 0 Å². The van der Waals surface area contributed by atoms with Gasteiger partial charge < -0.3 is 15.0 Å². The minimum atomic E-state index is -4.72. The maximum absolute atomic E-state index is 12.1. The third-order valence-electron chi connectivity index (χ3n) is 2.12. The number of alkyl halides is 3. The van der Waals surface area contributed by atoms with Gasteiger partial charge in [0.05, 0.1) is 6.54 Å². The molecule has 0 aliphatic carbocycles. The van der Waals surface area contributed by atoms with E-state index >= 15 is 0 Å². The highest BCUT2D eigenvalue weighted by molar-refractivity contribution is 5.60. The first-order valence-corrected chi connectivity index (χ1v) is 5.00. The van der Waals surface area contributed by atoms with Crippen LogP contribution in [0.3, 0.4) is 0 Å². The molecule has 0 atom stereocenters. The monoisotopic (exact) mass is 258 g/mol. The summed E-state index contributed by atoms with van der Waals surface area (Å²) in [6.07, 6.45) is -4.72. The van der Waals surface area contributed by atoms with Crippen LogP contribution in [0.2, 0.25) is 0 Å². The Morgan fingerprint density at radius 3 is 2.67 bits per heavy atom. The third-order valence-corrected chi connectivity index (χ3v) is 2.12. The molecule has 1 aromatic heterocycles. The van der Waals surface area contributed by atoms with E-state index in [0.717, 1.165) is 0 Å². The van der Waals surface area contributed by atoms with Crippen LogP contribution in [0.4, 0.5) is 13.2 Å². The van der Waals surface area contributed by atoms with Crippen molar-refractivity contribution in [2.24, 2.45) is 5.73 Å². The van der Waals surface area contributed by atoms with Crippen molar-refractivity contribution in [3.8, 4) is 17.0 Å². The van der Waals surface area contributed by atoms with Crippen LogP contribution < -0.4 is 10.5 Å². The van der Waals surface area contributed by atoms with Crippen molar-refractivity contribution in [3.63, 3.8) is 0 Å². The molecule has 0 aliphatic rings. The van der Waals surface area contributed by atoms with Gasteiger partial charge in [0.2, 0.25) is 0 Å². The number of nitrogens with zero attached hydrogens (tertiary/aromatic N) is 1. The highest BCUT2D eigenvalue weighted by Gasteiger charge is 2.31. The van der Waals surface area contributed by atoms with Crippen LogP contribution in [0, 0.1) is 0 Å². The first-order valence-electron chi connectivity index (χ1n) is 5.00. The highest BCUT2D eigenvalue weighted by Crippen LogP contribution is 2.27. The first-order chi connectivity index (χ1) is 8.48. The summed E-state index contributed by atoms with van der Waals surface area (Å²) in [4.78, 5) is 0. The molecular formula is C11H9F3N2O2. The van der Waals surface area contributed by atoms with Gasteiger partial charge in [0.25, 0.3) is 0 Å². The van der Waals surface area contributed by atoms with E-state index in [0.29, 0.717) is 17.0 Å². The molecule has 0 radical (unpaired) electrons. The van der Waals surface area contributed by atoms with Gasteiger partial charge in [0.15, 0.2) is 5.76 Å². The zero-order valence-corrected chi connectivity index (χ0v) is 9.07. The van der Waals surface area contributed by atoms with E-state index in [-0.39, 0.29) is 12.3 Å². The number of benzene rings is 1. The van der Waals surface area contributed by atoms with Crippen LogP contribution in [0.1, 0.15) is 5.76 Å². The van der Waals surface area contributed by atoms with Crippen molar-refractivity contribution in [1.29, 1.82) is 0 Å². The van der Waals surface area contributed by atoms with E-state index in [1.54, 1.807) is 12.1 Å². The van der Waals surface area contributed by atoms with Crippen LogP contribution >= 0.6 is 0 Å². The first kappa shape index (κ1) is 12.4. The Kier molecular flexibility index (Phi) is 3.24. The standard InChI is InChI=1S/C11H9F3N2O2/c12-11(13,14)17-8-3-1-2-7(4-8)10-5-9(6-15)18-16-10/h1-5H,6,15H2. The van der Waals surface area contributed by atoms with Gasteiger partial charge in [-0.05, 0) is 12.1 Å². The molecule has 7 heteroatoms. The molecule has 96 valence electrons. The van der Waals surface area contributed by atoms with Crippen LogP contribution in [0.5, 0.6) is 5.75 Å². The fraction of sp³-hybridized carbons (Fsp3) is 0.182. The van der Waals surface area contributed by atoms with Gasteiger partial charge in [-0.3, -0.25) is 0 Å².